The molecule has 38 heavy (non-hydrogen) atoms. The van der Waals surface area contributed by atoms with E-state index in [0.717, 1.165) is 0 Å². The van der Waals surface area contributed by atoms with Gasteiger partial charge >= 0.3 is 10.2 Å². The lowest BCUT2D eigenvalue weighted by Gasteiger charge is -2.48. The number of carbonyl (C=O) groups is 1. The lowest BCUT2D eigenvalue weighted by Crippen LogP contribution is -2.67. The number of hydrogen-bond acceptors (Lipinski definition) is 13. The second-order valence-electron chi connectivity index (χ2n) is 9.58. The topological polar surface area (TPSA) is 227 Å². The Kier molecular flexibility index (Phi) is 8.33. The molecule has 3 heterocycles. The van der Waals surface area contributed by atoms with Gasteiger partial charge in [-0.1, -0.05) is 12.1 Å². The first-order chi connectivity index (χ1) is 17.8. The number of para-hydroxylation sites is 1. The van der Waals surface area contributed by atoms with Crippen LogP contribution < -0.4 is 4.31 Å². The van der Waals surface area contributed by atoms with Gasteiger partial charge in [-0.2, -0.15) is 8.42 Å². The van der Waals surface area contributed by atoms with Crippen molar-refractivity contribution in [3.05, 3.63) is 29.8 Å². The molecule has 0 aromatic heterocycles. The fraction of sp³-hybridized carbons (Fsp3) is 0.682. The molecule has 10 atom stereocenters. The molecule has 16 heteroatoms. The van der Waals surface area contributed by atoms with Crippen molar-refractivity contribution in [2.75, 3.05) is 17.5 Å². The number of fused-ring (bicyclic) bond motifs is 1. The van der Waals surface area contributed by atoms with Gasteiger partial charge in [0.2, 0.25) is 0 Å². The van der Waals surface area contributed by atoms with E-state index in [1.807, 2.05) is 0 Å². The van der Waals surface area contributed by atoms with Crippen molar-refractivity contribution in [3.8, 4) is 0 Å². The average molecular weight is 565 g/mol. The first-order valence-electron chi connectivity index (χ1n) is 11.9. The highest BCUT2D eigenvalue weighted by molar-refractivity contribution is 7.91. The number of carbonyl (C=O) groups excluding carboxylic acids is 1. The van der Waals surface area contributed by atoms with E-state index in [1.54, 1.807) is 0 Å². The zero-order chi connectivity index (χ0) is 28.1. The summed E-state index contributed by atoms with van der Waals surface area (Å²) in [5.41, 5.74) is -0.114. The molecule has 0 radical (unpaired) electrons. The van der Waals surface area contributed by atoms with Crippen LogP contribution >= 0.6 is 0 Å². The fourth-order valence-corrected chi connectivity index (χ4v) is 6.59. The Labute approximate surface area is 218 Å². The van der Waals surface area contributed by atoms with Crippen LogP contribution in [0.15, 0.2) is 24.3 Å². The SMILES string of the molecule is CC(C)N1C(=O)c2ccccc2N([C@@H]2O[C@H](CO[C@@H]3O[C@H](CO)[C@@H](O)[C@H](O)[C@H]3O)[C@@H](O)[C@H](O)[C@H]2O)S1(=O)=O. The molecule has 1 amide bonds. The number of hydrogen-bond donors (Lipinski definition) is 7. The standard InChI is InChI=1S/C22H32N2O13S/c1-9(2)23-20(32)10-5-3-4-6-11(10)24(38(23,33)34)21-18(30)16(28)15(27)13(36-21)8-35-22-19(31)17(29)14(26)12(7-25)37-22/h3-6,9,12-19,21-22,25-31H,7-8H2,1-2H3/t12-,13-,14-,15-,16+,17+,18-,19-,21-,22-/m1/s1. The number of benzene rings is 1. The Balaban J connectivity index is 1.63. The molecule has 7 N–H and O–H groups in total. The Morgan fingerprint density at radius 1 is 0.895 bits per heavy atom. The van der Waals surface area contributed by atoms with E-state index in [1.165, 1.54) is 38.1 Å². The highest BCUT2D eigenvalue weighted by Gasteiger charge is 2.54. The van der Waals surface area contributed by atoms with Crippen LogP contribution in [0.2, 0.25) is 0 Å². The number of amides is 1. The van der Waals surface area contributed by atoms with Crippen LogP contribution in [0.4, 0.5) is 5.69 Å². The Morgan fingerprint density at radius 2 is 1.50 bits per heavy atom. The van der Waals surface area contributed by atoms with Crippen LogP contribution in [0.5, 0.6) is 0 Å². The summed E-state index contributed by atoms with van der Waals surface area (Å²) in [6, 6.07) is 4.91. The largest absolute Gasteiger partial charge is 0.394 e. The van der Waals surface area contributed by atoms with Gasteiger partial charge in [0.05, 0.1) is 24.5 Å². The lowest BCUT2D eigenvalue weighted by atomic mass is 9.97. The van der Waals surface area contributed by atoms with Crippen molar-refractivity contribution in [1.82, 2.24) is 4.31 Å². The molecule has 2 fully saturated rings. The summed E-state index contributed by atoms with van der Waals surface area (Å²) in [7, 11) is -4.65. The summed E-state index contributed by atoms with van der Waals surface area (Å²) < 4.78 is 44.8. The van der Waals surface area contributed by atoms with Gasteiger partial charge < -0.3 is 50.0 Å². The summed E-state index contributed by atoms with van der Waals surface area (Å²) >= 11 is 0. The maximum atomic E-state index is 13.6. The third-order valence-electron chi connectivity index (χ3n) is 6.73. The number of aliphatic hydroxyl groups is 7. The average Bonchev–Trinajstić information content (AvgIpc) is 2.87. The molecule has 1 aromatic carbocycles. The molecule has 0 spiro atoms. The van der Waals surface area contributed by atoms with Gasteiger partial charge in [0.15, 0.2) is 12.5 Å². The first-order valence-corrected chi connectivity index (χ1v) is 13.3. The van der Waals surface area contributed by atoms with Gasteiger partial charge in [-0.25, -0.2) is 8.61 Å². The zero-order valence-corrected chi connectivity index (χ0v) is 21.3. The molecule has 0 bridgehead atoms. The number of anilines is 1. The minimum absolute atomic E-state index is 0.00144. The monoisotopic (exact) mass is 564 g/mol. The van der Waals surface area contributed by atoms with Crippen LogP contribution in [0.3, 0.4) is 0 Å². The van der Waals surface area contributed by atoms with E-state index in [2.05, 4.69) is 0 Å². The molecule has 0 aliphatic carbocycles. The normalized spacial score (nSPS) is 39.4. The molecule has 0 saturated carbocycles. The summed E-state index contributed by atoms with van der Waals surface area (Å²) in [4.78, 5) is 13.0. The number of rotatable bonds is 6. The van der Waals surface area contributed by atoms with Crippen molar-refractivity contribution < 1.29 is 63.2 Å². The second-order valence-corrected chi connectivity index (χ2v) is 11.3. The maximum Gasteiger partial charge on any atom is 0.331 e. The molecule has 0 unspecified atom stereocenters. The molecule has 214 valence electrons. The van der Waals surface area contributed by atoms with E-state index in [9.17, 15) is 49.0 Å². The minimum Gasteiger partial charge on any atom is -0.394 e. The summed E-state index contributed by atoms with van der Waals surface area (Å²) in [6.07, 6.45) is -17.0. The molecule has 15 nitrogen and oxygen atoms in total. The highest BCUT2D eigenvalue weighted by Crippen LogP contribution is 2.38. The Morgan fingerprint density at radius 3 is 2.13 bits per heavy atom. The van der Waals surface area contributed by atoms with E-state index in [0.29, 0.717) is 8.61 Å². The molecule has 4 rings (SSSR count). The van der Waals surface area contributed by atoms with Crippen LogP contribution in [0.25, 0.3) is 0 Å². The van der Waals surface area contributed by atoms with Gasteiger partial charge in [0.1, 0.15) is 48.8 Å². The molecular formula is C22H32N2O13S. The van der Waals surface area contributed by atoms with Crippen molar-refractivity contribution in [2.45, 2.75) is 81.2 Å². The molecular weight excluding hydrogens is 532 g/mol. The third kappa shape index (κ3) is 4.79. The quantitative estimate of drug-likeness (QED) is 0.176. The second kappa shape index (κ2) is 10.9. The van der Waals surface area contributed by atoms with Crippen LogP contribution in [0, 0.1) is 0 Å². The number of ether oxygens (including phenoxy) is 3. The number of nitrogens with zero attached hydrogens (tertiary/aromatic N) is 2. The van der Waals surface area contributed by atoms with Gasteiger partial charge in [-0.05, 0) is 26.0 Å². The van der Waals surface area contributed by atoms with Gasteiger partial charge in [0, 0.05) is 6.04 Å². The van der Waals surface area contributed by atoms with Crippen LogP contribution in [0.1, 0.15) is 24.2 Å². The van der Waals surface area contributed by atoms with Crippen LogP contribution in [-0.2, 0) is 24.4 Å². The number of aliphatic hydroxyl groups excluding tert-OH is 7. The van der Waals surface area contributed by atoms with Crippen molar-refractivity contribution >= 4 is 21.8 Å². The van der Waals surface area contributed by atoms with Crippen molar-refractivity contribution in [2.24, 2.45) is 0 Å². The minimum atomic E-state index is -4.65. The highest BCUT2D eigenvalue weighted by atomic mass is 32.2. The van der Waals surface area contributed by atoms with Crippen molar-refractivity contribution in [3.63, 3.8) is 0 Å². The van der Waals surface area contributed by atoms with Gasteiger partial charge in [0.25, 0.3) is 5.91 Å². The van der Waals surface area contributed by atoms with E-state index in [4.69, 9.17) is 14.2 Å². The van der Waals surface area contributed by atoms with Gasteiger partial charge in [-0.15, -0.1) is 0 Å². The summed E-state index contributed by atoms with van der Waals surface area (Å²) in [5, 5.41) is 71.3. The van der Waals surface area contributed by atoms with Crippen LogP contribution in [-0.4, -0.2) is 135 Å². The molecule has 2 saturated heterocycles. The molecule has 1 aromatic rings. The molecule has 3 aliphatic rings. The van der Waals surface area contributed by atoms with E-state index < -0.39 is 96.7 Å². The van der Waals surface area contributed by atoms with E-state index in [-0.39, 0.29) is 11.3 Å². The predicted octanol–water partition coefficient (Wildman–Crippen LogP) is -3.77. The fourth-order valence-electron chi connectivity index (χ4n) is 4.72. The first kappa shape index (κ1) is 29.0. The third-order valence-corrected chi connectivity index (χ3v) is 8.72. The van der Waals surface area contributed by atoms with Gasteiger partial charge in [-0.3, -0.25) is 4.79 Å². The maximum absolute atomic E-state index is 13.6. The predicted molar refractivity (Wildman–Crippen MR) is 126 cm³/mol. The zero-order valence-electron chi connectivity index (χ0n) is 20.5. The lowest BCUT2D eigenvalue weighted by molar-refractivity contribution is -0.313. The summed E-state index contributed by atoms with van der Waals surface area (Å²) in [6.45, 7) is 1.61. The molecule has 3 aliphatic heterocycles. The van der Waals surface area contributed by atoms with Crippen molar-refractivity contribution in [1.29, 1.82) is 0 Å². The summed E-state index contributed by atoms with van der Waals surface area (Å²) in [5.74, 6) is -0.791. The smallest absolute Gasteiger partial charge is 0.331 e. The van der Waals surface area contributed by atoms with E-state index >= 15 is 0 Å². The Bertz CT molecular complexity index is 1120. The Hall–Kier alpha value is -1.96.